The second kappa shape index (κ2) is 8.74. The van der Waals surface area contributed by atoms with Gasteiger partial charge in [-0.05, 0) is 26.2 Å². The van der Waals surface area contributed by atoms with Gasteiger partial charge in [-0.1, -0.05) is 18.2 Å². The predicted octanol–water partition coefficient (Wildman–Crippen LogP) is 2.07. The number of nitrogens with two attached hydrogens (primary N) is 1. The molecule has 1 atom stereocenters. The highest BCUT2D eigenvalue weighted by Gasteiger charge is 2.15. The van der Waals surface area contributed by atoms with E-state index in [2.05, 4.69) is 20.3 Å². The van der Waals surface area contributed by atoms with E-state index in [-0.39, 0.29) is 30.0 Å². The minimum Gasteiger partial charge on any atom is -0.370 e. The molecule has 2 aromatic rings. The molecule has 0 bridgehead atoms. The third kappa shape index (κ3) is 5.30. The number of guanidine groups is 1. The molecular weight excluding hydrogens is 391 g/mol. The van der Waals surface area contributed by atoms with Crippen molar-refractivity contribution < 1.29 is 0 Å². The number of benzene rings is 1. The van der Waals surface area contributed by atoms with Crippen LogP contribution in [0.2, 0.25) is 0 Å². The van der Waals surface area contributed by atoms with Gasteiger partial charge in [-0.2, -0.15) is 5.10 Å². The van der Waals surface area contributed by atoms with E-state index in [1.807, 2.05) is 63.9 Å². The number of hydrogen-bond acceptors (Lipinski definition) is 3. The number of anilines is 1. The average Bonchev–Trinajstić information content (AvgIpc) is 2.86. The Labute approximate surface area is 148 Å². The summed E-state index contributed by atoms with van der Waals surface area (Å²) in [6.45, 7) is 0.574. The maximum atomic E-state index is 5.94. The number of rotatable bonds is 5. The summed E-state index contributed by atoms with van der Waals surface area (Å²) in [7, 11) is 5.95. The zero-order valence-corrected chi connectivity index (χ0v) is 15.4. The second-order valence-corrected chi connectivity index (χ2v) is 5.14. The van der Waals surface area contributed by atoms with Crippen LogP contribution in [-0.4, -0.2) is 41.3 Å². The van der Waals surface area contributed by atoms with Gasteiger partial charge < -0.3 is 16.0 Å². The number of hydrogen-bond donors (Lipinski definition) is 2. The summed E-state index contributed by atoms with van der Waals surface area (Å²) in [5.74, 6) is 0.414. The van der Waals surface area contributed by atoms with Gasteiger partial charge >= 0.3 is 0 Å². The number of aliphatic imine (C=N–C) groups is 1. The lowest BCUT2D eigenvalue weighted by Crippen LogP contribution is -2.27. The van der Waals surface area contributed by atoms with E-state index in [0.29, 0.717) is 12.5 Å². The smallest absolute Gasteiger partial charge is 0.193 e. The first-order valence-electron chi connectivity index (χ1n) is 6.83. The number of aromatic nitrogens is 2. The molecule has 0 aliphatic rings. The number of para-hydroxylation sites is 1. The molecule has 22 heavy (non-hydrogen) atoms. The minimum atomic E-state index is 0. The average molecular weight is 414 g/mol. The Balaban J connectivity index is 0.00000242. The Bertz CT molecular complexity index is 593. The maximum absolute atomic E-state index is 5.94. The first kappa shape index (κ1) is 18.4. The van der Waals surface area contributed by atoms with Crippen molar-refractivity contribution in [3.63, 3.8) is 0 Å². The molecule has 1 aromatic heterocycles. The molecular formula is C15H23IN6. The third-order valence-corrected chi connectivity index (χ3v) is 3.21. The Morgan fingerprint density at radius 2 is 2.05 bits per heavy atom. The molecule has 2 rings (SSSR count). The van der Waals surface area contributed by atoms with Crippen LogP contribution in [0.1, 0.15) is 11.6 Å². The van der Waals surface area contributed by atoms with Crippen molar-refractivity contribution in [3.05, 3.63) is 48.3 Å². The lowest BCUT2D eigenvalue weighted by Gasteiger charge is -2.21. The molecule has 120 valence electrons. The number of nitrogens with zero attached hydrogens (tertiary/aromatic N) is 4. The molecule has 1 heterocycles. The van der Waals surface area contributed by atoms with Crippen molar-refractivity contribution in [1.82, 2.24) is 14.7 Å². The normalized spacial score (nSPS) is 12.8. The van der Waals surface area contributed by atoms with Crippen LogP contribution in [0.4, 0.5) is 5.69 Å². The number of likely N-dealkylation sites (N-methyl/N-ethyl adjacent to an activating group) is 1. The fourth-order valence-corrected chi connectivity index (χ4v) is 2.07. The zero-order chi connectivity index (χ0) is 15.2. The highest BCUT2D eigenvalue weighted by Crippen LogP contribution is 2.17. The van der Waals surface area contributed by atoms with Crippen molar-refractivity contribution in [2.24, 2.45) is 17.8 Å². The third-order valence-electron chi connectivity index (χ3n) is 3.21. The lowest BCUT2D eigenvalue weighted by molar-refractivity contribution is 0.306. The van der Waals surface area contributed by atoms with Gasteiger partial charge in [0.2, 0.25) is 0 Å². The quantitative estimate of drug-likeness (QED) is 0.447. The fraction of sp³-hybridized carbons (Fsp3) is 0.333. The van der Waals surface area contributed by atoms with E-state index in [9.17, 15) is 0 Å². The SMILES string of the molecule is CN(C)C(CN=C(N)Nc1ccccc1)c1cnn(C)c1.I. The van der Waals surface area contributed by atoms with E-state index in [0.717, 1.165) is 11.3 Å². The molecule has 6 nitrogen and oxygen atoms in total. The topological polar surface area (TPSA) is 71.5 Å². The molecule has 0 saturated carbocycles. The molecule has 0 spiro atoms. The number of aryl methyl sites for hydroxylation is 1. The first-order chi connectivity index (χ1) is 10.1. The summed E-state index contributed by atoms with van der Waals surface area (Å²) >= 11 is 0. The van der Waals surface area contributed by atoms with Crippen molar-refractivity contribution in [2.75, 3.05) is 26.0 Å². The largest absolute Gasteiger partial charge is 0.370 e. The van der Waals surface area contributed by atoms with Crippen LogP contribution < -0.4 is 11.1 Å². The second-order valence-electron chi connectivity index (χ2n) is 5.14. The Morgan fingerprint density at radius 1 is 1.36 bits per heavy atom. The fourth-order valence-electron chi connectivity index (χ4n) is 2.07. The molecule has 0 saturated heterocycles. The summed E-state index contributed by atoms with van der Waals surface area (Å²) in [6.07, 6.45) is 3.86. The van der Waals surface area contributed by atoms with E-state index >= 15 is 0 Å². The van der Waals surface area contributed by atoms with Crippen LogP contribution in [0.3, 0.4) is 0 Å². The predicted molar refractivity (Wildman–Crippen MR) is 102 cm³/mol. The monoisotopic (exact) mass is 414 g/mol. The Hall–Kier alpha value is -1.61. The minimum absolute atomic E-state index is 0. The molecule has 0 radical (unpaired) electrons. The number of nitrogens with one attached hydrogen (secondary N) is 1. The molecule has 3 N–H and O–H groups in total. The van der Waals surface area contributed by atoms with E-state index in [1.165, 1.54) is 0 Å². The van der Waals surface area contributed by atoms with Crippen LogP contribution in [0.15, 0.2) is 47.7 Å². The van der Waals surface area contributed by atoms with Gasteiger partial charge in [0.15, 0.2) is 5.96 Å². The summed E-state index contributed by atoms with van der Waals surface area (Å²) in [4.78, 5) is 6.54. The molecule has 1 unspecified atom stereocenters. The van der Waals surface area contributed by atoms with Gasteiger partial charge in [0.05, 0.1) is 18.8 Å². The molecule has 0 amide bonds. The van der Waals surface area contributed by atoms with Gasteiger partial charge in [-0.15, -0.1) is 24.0 Å². The number of halogens is 1. The molecule has 7 heteroatoms. The van der Waals surface area contributed by atoms with Gasteiger partial charge in [-0.3, -0.25) is 9.67 Å². The van der Waals surface area contributed by atoms with Crippen LogP contribution in [-0.2, 0) is 7.05 Å². The van der Waals surface area contributed by atoms with E-state index in [4.69, 9.17) is 5.73 Å². The molecule has 0 aliphatic carbocycles. The Morgan fingerprint density at radius 3 is 2.59 bits per heavy atom. The highest BCUT2D eigenvalue weighted by atomic mass is 127. The van der Waals surface area contributed by atoms with E-state index < -0.39 is 0 Å². The van der Waals surface area contributed by atoms with Gasteiger partial charge in [0.1, 0.15) is 0 Å². The van der Waals surface area contributed by atoms with Crippen molar-refractivity contribution in [3.8, 4) is 0 Å². The van der Waals surface area contributed by atoms with Crippen molar-refractivity contribution in [2.45, 2.75) is 6.04 Å². The molecule has 0 fully saturated rings. The lowest BCUT2D eigenvalue weighted by atomic mass is 10.1. The summed E-state index contributed by atoms with van der Waals surface area (Å²) in [5.41, 5.74) is 7.99. The summed E-state index contributed by atoms with van der Waals surface area (Å²) in [5, 5.41) is 7.29. The molecule has 0 aliphatic heterocycles. The van der Waals surface area contributed by atoms with Crippen LogP contribution in [0, 0.1) is 0 Å². The van der Waals surface area contributed by atoms with Crippen molar-refractivity contribution >= 4 is 35.6 Å². The van der Waals surface area contributed by atoms with E-state index in [1.54, 1.807) is 4.68 Å². The maximum Gasteiger partial charge on any atom is 0.193 e. The zero-order valence-electron chi connectivity index (χ0n) is 13.1. The van der Waals surface area contributed by atoms with Crippen molar-refractivity contribution in [1.29, 1.82) is 0 Å². The van der Waals surface area contributed by atoms with Crippen LogP contribution in [0.5, 0.6) is 0 Å². The van der Waals surface area contributed by atoms with Crippen LogP contribution in [0.25, 0.3) is 0 Å². The van der Waals surface area contributed by atoms with Crippen LogP contribution >= 0.6 is 24.0 Å². The highest BCUT2D eigenvalue weighted by molar-refractivity contribution is 14.0. The van der Waals surface area contributed by atoms with Gasteiger partial charge in [0, 0.05) is 24.5 Å². The Kier molecular flexibility index (Phi) is 7.33. The van der Waals surface area contributed by atoms with Gasteiger partial charge in [-0.25, -0.2) is 0 Å². The molecule has 1 aromatic carbocycles. The summed E-state index contributed by atoms with van der Waals surface area (Å²) < 4.78 is 1.79. The first-order valence-corrected chi connectivity index (χ1v) is 6.83. The van der Waals surface area contributed by atoms with Gasteiger partial charge in [0.25, 0.3) is 0 Å². The summed E-state index contributed by atoms with van der Waals surface area (Å²) in [6, 6.07) is 9.92. The standard InChI is InChI=1S/C15H22N6.HI/c1-20(2)14(12-9-18-21(3)11-12)10-17-15(16)19-13-7-5-4-6-8-13;/h4-9,11,14H,10H2,1-3H3,(H3,16,17,19);1H.